The summed E-state index contributed by atoms with van der Waals surface area (Å²) in [5, 5.41) is 4.52. The lowest BCUT2D eigenvalue weighted by atomic mass is 9.95. The normalized spacial score (nSPS) is 23.6. The molecule has 1 aliphatic heterocycles. The summed E-state index contributed by atoms with van der Waals surface area (Å²) < 4.78 is 26.9. The maximum atomic E-state index is 6.49. The van der Waals surface area contributed by atoms with Gasteiger partial charge in [0.15, 0.2) is 5.79 Å². The average molecular weight is 614 g/mol. The second kappa shape index (κ2) is 10.3. The van der Waals surface area contributed by atoms with Gasteiger partial charge in [0.2, 0.25) is 5.28 Å². The number of aromatic nitrogens is 3. The van der Waals surface area contributed by atoms with Crippen molar-refractivity contribution >= 4 is 44.4 Å². The van der Waals surface area contributed by atoms with Gasteiger partial charge in [-0.1, -0.05) is 28.1 Å². The number of ether oxygens (including phenoxy) is 4. The molecule has 0 spiro atoms. The average Bonchev–Trinajstić information content (AvgIpc) is 3.57. The van der Waals surface area contributed by atoms with Crippen LogP contribution in [0.25, 0.3) is 11.0 Å². The summed E-state index contributed by atoms with van der Waals surface area (Å²) in [7, 11) is 3.34. The van der Waals surface area contributed by atoms with Crippen molar-refractivity contribution in [3.63, 3.8) is 0 Å². The van der Waals surface area contributed by atoms with Gasteiger partial charge in [0.1, 0.15) is 29.1 Å². The zero-order valence-electron chi connectivity index (χ0n) is 22.2. The fourth-order valence-electron chi connectivity index (χ4n) is 5.81. The molecule has 0 radical (unpaired) electrons. The van der Waals surface area contributed by atoms with Crippen molar-refractivity contribution in [1.82, 2.24) is 14.5 Å². The summed E-state index contributed by atoms with van der Waals surface area (Å²) in [5.41, 5.74) is 3.01. The summed E-state index contributed by atoms with van der Waals surface area (Å²) >= 11 is 10.1. The van der Waals surface area contributed by atoms with Crippen LogP contribution in [0.2, 0.25) is 5.28 Å². The molecular weight excluding hydrogens is 584 g/mol. The van der Waals surface area contributed by atoms with Gasteiger partial charge in [-0.25, -0.2) is 4.98 Å². The molecule has 6 rings (SSSR count). The third-order valence-corrected chi connectivity index (χ3v) is 8.14. The lowest BCUT2D eigenvalue weighted by molar-refractivity contribution is -0.157. The van der Waals surface area contributed by atoms with Crippen LogP contribution < -0.4 is 14.8 Å². The van der Waals surface area contributed by atoms with Crippen molar-refractivity contribution < 1.29 is 18.9 Å². The Balaban J connectivity index is 1.34. The van der Waals surface area contributed by atoms with Crippen molar-refractivity contribution in [2.24, 2.45) is 0 Å². The number of halogens is 2. The Morgan fingerprint density at radius 3 is 2.51 bits per heavy atom. The molecule has 3 heterocycles. The van der Waals surface area contributed by atoms with Crippen LogP contribution in [0.5, 0.6) is 11.5 Å². The molecule has 0 amide bonds. The molecular formula is C29H30BrClN4O4. The Morgan fingerprint density at radius 1 is 1.03 bits per heavy atom. The van der Waals surface area contributed by atoms with E-state index in [-0.39, 0.29) is 29.5 Å². The SMILES string of the molecule is COc1ccc(CNc2nc(Cl)nc3c2ccn3[C@@H]2C[C@H](c3cc(Br)cc(OC)c3)[C@H]3OC(C)(C)O[C@H]32)cc1. The molecule has 1 N–H and O–H groups in total. The predicted molar refractivity (Wildman–Crippen MR) is 154 cm³/mol. The van der Waals surface area contributed by atoms with E-state index in [1.54, 1.807) is 14.2 Å². The third kappa shape index (κ3) is 5.09. The smallest absolute Gasteiger partial charge is 0.226 e. The monoisotopic (exact) mass is 612 g/mol. The second-order valence-corrected chi connectivity index (χ2v) is 11.7. The van der Waals surface area contributed by atoms with Crippen LogP contribution in [0.4, 0.5) is 5.82 Å². The highest BCUT2D eigenvalue weighted by Gasteiger charge is 2.55. The maximum Gasteiger partial charge on any atom is 0.226 e. The third-order valence-electron chi connectivity index (χ3n) is 7.51. The van der Waals surface area contributed by atoms with Crippen molar-refractivity contribution in [2.45, 2.75) is 56.8 Å². The van der Waals surface area contributed by atoms with Crippen molar-refractivity contribution in [3.8, 4) is 11.5 Å². The van der Waals surface area contributed by atoms with Crippen LogP contribution in [-0.2, 0) is 16.0 Å². The number of anilines is 1. The van der Waals surface area contributed by atoms with Gasteiger partial charge in [-0.15, -0.1) is 0 Å². The minimum atomic E-state index is -0.691. The molecule has 204 valence electrons. The first-order chi connectivity index (χ1) is 18.7. The Hall–Kier alpha value is -2.85. The van der Waals surface area contributed by atoms with Gasteiger partial charge in [-0.05, 0) is 79.4 Å². The summed E-state index contributed by atoms with van der Waals surface area (Å²) in [6.07, 6.45) is 2.58. The Bertz CT molecular complexity index is 1510. The molecule has 2 aromatic heterocycles. The van der Waals surface area contributed by atoms with Gasteiger partial charge in [-0.3, -0.25) is 0 Å². The first kappa shape index (κ1) is 26.4. The summed E-state index contributed by atoms with van der Waals surface area (Å²) in [6.45, 7) is 4.52. The number of fused-ring (bicyclic) bond motifs is 2. The Labute approximate surface area is 240 Å². The molecule has 2 fully saturated rings. The zero-order chi connectivity index (χ0) is 27.3. The molecule has 10 heteroatoms. The Kier molecular flexibility index (Phi) is 6.95. The van der Waals surface area contributed by atoms with Crippen LogP contribution in [0.15, 0.2) is 59.2 Å². The quantitative estimate of drug-likeness (QED) is 0.232. The van der Waals surface area contributed by atoms with E-state index in [1.165, 1.54) is 0 Å². The fourth-order valence-corrected chi connectivity index (χ4v) is 6.46. The molecule has 39 heavy (non-hydrogen) atoms. The lowest BCUT2D eigenvalue weighted by Gasteiger charge is -2.25. The van der Waals surface area contributed by atoms with Gasteiger partial charge in [0.25, 0.3) is 0 Å². The summed E-state index contributed by atoms with van der Waals surface area (Å²) in [6, 6.07) is 16.1. The molecule has 0 bridgehead atoms. The minimum Gasteiger partial charge on any atom is -0.497 e. The number of rotatable bonds is 7. The molecule has 1 saturated heterocycles. The molecule has 4 aromatic rings. The van der Waals surface area contributed by atoms with Crippen molar-refractivity contribution in [2.75, 3.05) is 19.5 Å². The molecule has 2 aromatic carbocycles. The van der Waals surface area contributed by atoms with Crippen molar-refractivity contribution in [1.29, 1.82) is 0 Å². The molecule has 8 nitrogen and oxygen atoms in total. The van der Waals surface area contributed by atoms with Gasteiger partial charge >= 0.3 is 0 Å². The number of hydrogen-bond donors (Lipinski definition) is 1. The van der Waals surface area contributed by atoms with E-state index < -0.39 is 5.79 Å². The van der Waals surface area contributed by atoms with E-state index in [1.807, 2.05) is 50.2 Å². The molecule has 0 unspecified atom stereocenters. The highest BCUT2D eigenvalue weighted by molar-refractivity contribution is 9.10. The standard InChI is InChI=1S/C29H30BrClN4O4/c1-29(2)38-24-22(17-11-18(30)13-20(12-17)37-4)14-23(25(24)39-29)35-10-9-21-26(33-28(31)34-27(21)35)32-15-16-5-7-19(36-3)8-6-16/h5-13,22-25H,14-15H2,1-4H3,(H,32,33,34)/t22-,23-,24-,25+/m1/s1. The van der Waals surface area contributed by atoms with E-state index in [0.717, 1.165) is 44.6 Å². The van der Waals surface area contributed by atoms with Gasteiger partial charge in [0.05, 0.1) is 31.8 Å². The predicted octanol–water partition coefficient (Wildman–Crippen LogP) is 6.73. The number of hydrogen-bond acceptors (Lipinski definition) is 7. The second-order valence-electron chi connectivity index (χ2n) is 10.4. The lowest BCUT2D eigenvalue weighted by Crippen LogP contribution is -2.27. The highest BCUT2D eigenvalue weighted by atomic mass is 79.9. The van der Waals surface area contributed by atoms with Crippen LogP contribution in [0.3, 0.4) is 0 Å². The van der Waals surface area contributed by atoms with E-state index in [2.05, 4.69) is 54.1 Å². The van der Waals surface area contributed by atoms with E-state index in [4.69, 9.17) is 30.5 Å². The van der Waals surface area contributed by atoms with Crippen LogP contribution in [-0.4, -0.2) is 46.7 Å². The van der Waals surface area contributed by atoms with Gasteiger partial charge in [0, 0.05) is 23.1 Å². The molecule has 4 atom stereocenters. The Morgan fingerprint density at radius 2 is 1.77 bits per heavy atom. The van der Waals surface area contributed by atoms with Crippen LogP contribution in [0.1, 0.15) is 43.4 Å². The summed E-state index contributed by atoms with van der Waals surface area (Å²) in [5.74, 6) is 1.72. The van der Waals surface area contributed by atoms with Gasteiger partial charge < -0.3 is 28.8 Å². The van der Waals surface area contributed by atoms with E-state index in [9.17, 15) is 0 Å². The number of benzene rings is 2. The first-order valence-electron chi connectivity index (χ1n) is 12.9. The van der Waals surface area contributed by atoms with Crippen LogP contribution >= 0.6 is 27.5 Å². The largest absolute Gasteiger partial charge is 0.497 e. The zero-order valence-corrected chi connectivity index (χ0v) is 24.5. The number of methoxy groups -OCH3 is 2. The number of nitrogens with one attached hydrogen (secondary N) is 1. The van der Waals surface area contributed by atoms with Gasteiger partial charge in [-0.2, -0.15) is 4.98 Å². The molecule has 1 aliphatic carbocycles. The van der Waals surface area contributed by atoms with E-state index >= 15 is 0 Å². The maximum absolute atomic E-state index is 6.49. The first-order valence-corrected chi connectivity index (χ1v) is 14.0. The minimum absolute atomic E-state index is 0.00958. The molecule has 1 saturated carbocycles. The van der Waals surface area contributed by atoms with E-state index in [0.29, 0.717) is 12.4 Å². The summed E-state index contributed by atoms with van der Waals surface area (Å²) in [4.78, 5) is 9.15. The van der Waals surface area contributed by atoms with Crippen LogP contribution in [0, 0.1) is 0 Å². The number of nitrogens with zero attached hydrogens (tertiary/aromatic N) is 3. The van der Waals surface area contributed by atoms with Crippen molar-refractivity contribution in [3.05, 3.63) is 75.6 Å². The highest BCUT2D eigenvalue weighted by Crippen LogP contribution is 2.52. The molecule has 2 aliphatic rings. The fraction of sp³-hybridized carbons (Fsp3) is 0.379. The topological polar surface area (TPSA) is 79.7 Å².